The van der Waals surface area contributed by atoms with Gasteiger partial charge in [-0.15, -0.1) is 12.4 Å². The number of azide groups is 1. The van der Waals surface area contributed by atoms with Crippen LogP contribution in [-0.4, -0.2) is 51.0 Å². The molecular formula is C19H26ClN6O8P. The van der Waals surface area contributed by atoms with Gasteiger partial charge in [-0.1, -0.05) is 17.2 Å². The number of aromatic amines is 1. The number of phosphoric acid groups is 1. The SMILES string of the molecule is Cc1cn([C@H]2C[C@H](N=[N+]=[N-])[C@@H](COP(=O)(O)Oc3ccc(C[C@H](N)CO)cc3)O2)c(=O)[nH]c1=O.Cl. The number of ether oxygens (including phenoxy) is 1. The molecule has 1 aromatic heterocycles. The van der Waals surface area contributed by atoms with E-state index in [0.29, 0.717) is 6.42 Å². The number of H-pyrrole nitrogens is 1. The number of benzene rings is 1. The molecule has 2 aromatic rings. The van der Waals surface area contributed by atoms with Gasteiger partial charge in [-0.25, -0.2) is 9.36 Å². The van der Waals surface area contributed by atoms with Crippen LogP contribution >= 0.6 is 20.2 Å². The molecule has 16 heteroatoms. The molecule has 1 fully saturated rings. The first kappa shape index (κ1) is 28.6. The van der Waals surface area contributed by atoms with Crippen molar-refractivity contribution in [3.63, 3.8) is 0 Å². The van der Waals surface area contributed by atoms with Gasteiger partial charge in [0.25, 0.3) is 5.56 Å². The third kappa shape index (κ3) is 7.66. The van der Waals surface area contributed by atoms with E-state index in [4.69, 9.17) is 30.2 Å². The standard InChI is InChI=1S/C19H25N6O8P.ClH/c1-11-8-25(19(28)22-18(11)27)17-7-15(23-24-21)16(32-17)10-31-34(29,30)33-14-4-2-12(3-5-14)6-13(20)9-26;/h2-5,8,13,15-17,26H,6-7,9-10,20H2,1H3,(H,29,30)(H,22,27,28);1H/t13-,15-,16+,17+;/m0./s1. The molecule has 5 N–H and O–H groups in total. The largest absolute Gasteiger partial charge is 0.527 e. The molecule has 0 radical (unpaired) electrons. The molecule has 14 nitrogen and oxygen atoms in total. The number of hydrogen-bond donors (Lipinski definition) is 4. The molecule has 0 bridgehead atoms. The highest BCUT2D eigenvalue weighted by atomic mass is 35.5. The molecule has 0 aliphatic carbocycles. The molecule has 1 aliphatic rings. The average molecular weight is 533 g/mol. The number of halogens is 1. The molecule has 3 rings (SSSR count). The van der Waals surface area contributed by atoms with E-state index in [2.05, 4.69) is 15.0 Å². The molecule has 0 amide bonds. The minimum absolute atomic E-state index is 0. The molecule has 0 spiro atoms. The topological polar surface area (TPSA) is 215 Å². The maximum atomic E-state index is 12.4. The zero-order chi connectivity index (χ0) is 24.9. The maximum absolute atomic E-state index is 12.4. The van der Waals surface area contributed by atoms with Crippen molar-refractivity contribution in [1.29, 1.82) is 0 Å². The fraction of sp³-hybridized carbons (Fsp3) is 0.474. The second kappa shape index (κ2) is 12.3. The van der Waals surface area contributed by atoms with Gasteiger partial charge in [-0.3, -0.25) is 23.8 Å². The lowest BCUT2D eigenvalue weighted by atomic mass is 10.1. The Hall–Kier alpha value is -2.67. The van der Waals surface area contributed by atoms with Gasteiger partial charge in [-0.2, -0.15) is 0 Å². The molecule has 1 unspecified atom stereocenters. The van der Waals surface area contributed by atoms with Crippen molar-refractivity contribution in [3.8, 4) is 5.75 Å². The lowest BCUT2D eigenvalue weighted by molar-refractivity contribution is -0.0263. The molecule has 1 aliphatic heterocycles. The van der Waals surface area contributed by atoms with Gasteiger partial charge in [0.2, 0.25) is 0 Å². The van der Waals surface area contributed by atoms with Crippen LogP contribution in [-0.2, 0) is 20.2 Å². The number of aliphatic hydroxyl groups is 1. The minimum Gasteiger partial charge on any atom is -0.404 e. The maximum Gasteiger partial charge on any atom is 0.527 e. The van der Waals surface area contributed by atoms with Crippen molar-refractivity contribution < 1.29 is 28.3 Å². The predicted molar refractivity (Wildman–Crippen MR) is 126 cm³/mol. The fourth-order valence-electron chi connectivity index (χ4n) is 3.40. The van der Waals surface area contributed by atoms with E-state index in [1.807, 2.05) is 0 Å². The number of aryl methyl sites for hydroxylation is 1. The predicted octanol–water partition coefficient (Wildman–Crippen LogP) is 1.29. The van der Waals surface area contributed by atoms with E-state index in [-0.39, 0.29) is 36.7 Å². The van der Waals surface area contributed by atoms with Crippen molar-refractivity contribution in [2.75, 3.05) is 13.2 Å². The number of hydrogen-bond acceptors (Lipinski definition) is 9. The van der Waals surface area contributed by atoms with Crippen LogP contribution in [0.3, 0.4) is 0 Å². The molecule has 5 atom stereocenters. The van der Waals surface area contributed by atoms with Crippen LogP contribution in [0.15, 0.2) is 45.2 Å². The van der Waals surface area contributed by atoms with Crippen LogP contribution in [0.25, 0.3) is 10.4 Å². The number of nitrogens with two attached hydrogens (primary N) is 1. The van der Waals surface area contributed by atoms with Gasteiger partial charge in [0.05, 0.1) is 25.4 Å². The normalized spacial score (nSPS) is 21.9. The Kier molecular flexibility index (Phi) is 10.1. The Balaban J connectivity index is 0.00000432. The summed E-state index contributed by atoms with van der Waals surface area (Å²) in [5.41, 5.74) is 14.4. The van der Waals surface area contributed by atoms with Crippen LogP contribution in [0.5, 0.6) is 5.75 Å². The van der Waals surface area contributed by atoms with E-state index in [1.165, 1.54) is 25.3 Å². The highest BCUT2D eigenvalue weighted by Gasteiger charge is 2.38. The zero-order valence-electron chi connectivity index (χ0n) is 18.6. The molecule has 192 valence electrons. The summed E-state index contributed by atoms with van der Waals surface area (Å²) in [6, 6.07) is 4.97. The van der Waals surface area contributed by atoms with Gasteiger partial charge >= 0.3 is 13.5 Å². The van der Waals surface area contributed by atoms with Crippen LogP contribution < -0.4 is 21.5 Å². The van der Waals surface area contributed by atoms with Gasteiger partial charge < -0.3 is 20.1 Å². The van der Waals surface area contributed by atoms with Gasteiger partial charge in [0.1, 0.15) is 12.0 Å². The Morgan fingerprint density at radius 3 is 2.71 bits per heavy atom. The van der Waals surface area contributed by atoms with Crippen molar-refractivity contribution in [2.24, 2.45) is 10.8 Å². The van der Waals surface area contributed by atoms with Crippen molar-refractivity contribution in [1.82, 2.24) is 9.55 Å². The van der Waals surface area contributed by atoms with Crippen molar-refractivity contribution in [2.45, 2.75) is 44.2 Å². The summed E-state index contributed by atoms with van der Waals surface area (Å²) in [5, 5.41) is 12.6. The van der Waals surface area contributed by atoms with Crippen LogP contribution in [0.4, 0.5) is 0 Å². The number of aromatic nitrogens is 2. The van der Waals surface area contributed by atoms with E-state index >= 15 is 0 Å². The van der Waals surface area contributed by atoms with E-state index in [1.54, 1.807) is 12.1 Å². The summed E-state index contributed by atoms with van der Waals surface area (Å²) >= 11 is 0. The smallest absolute Gasteiger partial charge is 0.404 e. The third-order valence-corrected chi connectivity index (χ3v) is 6.06. The summed E-state index contributed by atoms with van der Waals surface area (Å²) in [6.07, 6.45) is -0.0183. The average Bonchev–Trinajstić information content (AvgIpc) is 3.19. The molecular weight excluding hydrogens is 507 g/mol. The second-order valence-electron chi connectivity index (χ2n) is 7.76. The molecule has 1 saturated heterocycles. The summed E-state index contributed by atoms with van der Waals surface area (Å²) in [4.78, 5) is 38.7. The highest BCUT2D eigenvalue weighted by molar-refractivity contribution is 7.47. The third-order valence-electron chi connectivity index (χ3n) is 5.14. The van der Waals surface area contributed by atoms with Crippen molar-refractivity contribution in [3.05, 3.63) is 72.9 Å². The fourth-order valence-corrected chi connectivity index (χ4v) is 4.18. The number of rotatable bonds is 10. The van der Waals surface area contributed by atoms with E-state index < -0.39 is 50.1 Å². The second-order valence-corrected chi connectivity index (χ2v) is 9.14. The van der Waals surface area contributed by atoms with Crippen molar-refractivity contribution >= 4 is 20.2 Å². The quantitative estimate of drug-likeness (QED) is 0.150. The lowest BCUT2D eigenvalue weighted by Crippen LogP contribution is -2.33. The zero-order valence-corrected chi connectivity index (χ0v) is 20.3. The lowest BCUT2D eigenvalue weighted by Gasteiger charge is -2.19. The first-order chi connectivity index (χ1) is 16.1. The Labute approximate surface area is 205 Å². The van der Waals surface area contributed by atoms with E-state index in [9.17, 15) is 19.0 Å². The number of nitrogens with zero attached hydrogens (tertiary/aromatic N) is 4. The highest BCUT2D eigenvalue weighted by Crippen LogP contribution is 2.45. The van der Waals surface area contributed by atoms with Gasteiger partial charge in [0, 0.05) is 29.1 Å². The Morgan fingerprint density at radius 2 is 2.09 bits per heavy atom. The molecule has 1 aromatic carbocycles. The molecule has 0 saturated carbocycles. The Morgan fingerprint density at radius 1 is 1.40 bits per heavy atom. The number of aliphatic hydroxyl groups excluding tert-OH is 1. The van der Waals surface area contributed by atoms with E-state index in [0.717, 1.165) is 10.1 Å². The summed E-state index contributed by atoms with van der Waals surface area (Å²) in [6.45, 7) is 0.881. The summed E-state index contributed by atoms with van der Waals surface area (Å²) < 4.78 is 29.4. The monoisotopic (exact) mass is 532 g/mol. The first-order valence-electron chi connectivity index (χ1n) is 10.3. The first-order valence-corrected chi connectivity index (χ1v) is 11.8. The Bertz CT molecular complexity index is 1220. The summed E-state index contributed by atoms with van der Waals surface area (Å²) in [7, 11) is -4.57. The minimum atomic E-state index is -4.57. The van der Waals surface area contributed by atoms with Crippen LogP contribution in [0, 0.1) is 6.92 Å². The van der Waals surface area contributed by atoms with Gasteiger partial charge in [0.15, 0.2) is 0 Å². The molecule has 2 heterocycles. The number of nitrogens with one attached hydrogen (secondary N) is 1. The summed E-state index contributed by atoms with van der Waals surface area (Å²) in [5.74, 6) is 0.0687. The van der Waals surface area contributed by atoms with Crippen LogP contribution in [0.1, 0.15) is 23.8 Å². The number of phosphoric ester groups is 1. The van der Waals surface area contributed by atoms with Crippen LogP contribution in [0.2, 0.25) is 0 Å². The van der Waals surface area contributed by atoms with Gasteiger partial charge in [-0.05, 0) is 36.6 Å². The molecule has 35 heavy (non-hydrogen) atoms.